The Morgan fingerprint density at radius 3 is 2.38 bits per heavy atom. The number of H-pyrrole nitrogens is 2. The molecule has 16 heavy (non-hydrogen) atoms. The van der Waals surface area contributed by atoms with Gasteiger partial charge in [-0.05, 0) is 31.2 Å². The third-order valence-corrected chi connectivity index (χ3v) is 2.27. The van der Waals surface area contributed by atoms with Gasteiger partial charge in [0.2, 0.25) is 0 Å². The molecule has 2 aromatic heterocycles. The number of aromatic amines is 2. The summed E-state index contributed by atoms with van der Waals surface area (Å²) in [5.74, 6) is 0. The van der Waals surface area contributed by atoms with E-state index >= 15 is 0 Å². The molecule has 0 aliphatic heterocycles. The highest BCUT2D eigenvalue weighted by molar-refractivity contribution is 5.97. The highest BCUT2D eigenvalue weighted by atomic mass is 15.3. The molecule has 0 bridgehead atoms. The lowest BCUT2D eigenvalue weighted by Crippen LogP contribution is -2.08. The first kappa shape index (κ1) is 10.3. The second-order valence-corrected chi connectivity index (χ2v) is 3.46. The predicted molar refractivity (Wildman–Crippen MR) is 66.0 cm³/mol. The topological polar surface area (TPSA) is 56.0 Å². The average molecular weight is 214 g/mol. The Hall–Kier alpha value is -2.23. The Bertz CT molecular complexity index is 477. The second-order valence-electron chi connectivity index (χ2n) is 3.46. The van der Waals surface area contributed by atoms with Crippen LogP contribution in [0.15, 0.2) is 48.3 Å². The normalized spacial score (nSPS) is 11.4. The summed E-state index contributed by atoms with van der Waals surface area (Å²) < 4.78 is 0. The largest absolute Gasteiger partial charge is 0.360 e. The van der Waals surface area contributed by atoms with Crippen LogP contribution in [0.5, 0.6) is 0 Å². The Labute approximate surface area is 94.1 Å². The molecule has 4 heteroatoms. The fourth-order valence-corrected chi connectivity index (χ4v) is 1.35. The quantitative estimate of drug-likeness (QED) is 0.531. The Morgan fingerprint density at radius 1 is 1.19 bits per heavy atom. The summed E-state index contributed by atoms with van der Waals surface area (Å²) in [4.78, 5) is 6.14. The fraction of sp³-hybridized carbons (Fsp3) is 0.0833. The van der Waals surface area contributed by atoms with Crippen molar-refractivity contribution in [2.24, 2.45) is 5.10 Å². The van der Waals surface area contributed by atoms with Crippen LogP contribution in [0.1, 0.15) is 18.3 Å². The van der Waals surface area contributed by atoms with Crippen LogP contribution in [-0.2, 0) is 0 Å². The van der Waals surface area contributed by atoms with Gasteiger partial charge in [0.1, 0.15) is 0 Å². The van der Waals surface area contributed by atoms with Crippen molar-refractivity contribution in [1.29, 1.82) is 0 Å². The molecule has 0 atom stereocenters. The van der Waals surface area contributed by atoms with Gasteiger partial charge < -0.3 is 9.97 Å². The minimum Gasteiger partial charge on any atom is -0.360 e. The lowest BCUT2D eigenvalue weighted by Gasteiger charge is -2.03. The number of rotatable bonds is 4. The van der Waals surface area contributed by atoms with Crippen LogP contribution in [0.2, 0.25) is 0 Å². The van der Waals surface area contributed by atoms with E-state index < -0.39 is 0 Å². The Morgan fingerprint density at radius 2 is 1.81 bits per heavy atom. The monoisotopic (exact) mass is 214 g/mol. The van der Waals surface area contributed by atoms with Gasteiger partial charge >= 0.3 is 0 Å². The zero-order chi connectivity index (χ0) is 11.4. The molecule has 2 rings (SSSR count). The standard InChI is InChI=1S/C12H14N4/c1-9(11-5-3-7-13-11)15-16-10(2)12-6-4-8-14-12/h3-8,13-15H,1H2,2H3/b16-10+. The van der Waals surface area contributed by atoms with E-state index in [0.717, 1.165) is 22.8 Å². The van der Waals surface area contributed by atoms with Crippen molar-refractivity contribution in [2.45, 2.75) is 6.92 Å². The number of hydrazone groups is 1. The summed E-state index contributed by atoms with van der Waals surface area (Å²) in [5, 5.41) is 4.24. The zero-order valence-corrected chi connectivity index (χ0v) is 9.12. The molecule has 0 aliphatic carbocycles. The van der Waals surface area contributed by atoms with Crippen molar-refractivity contribution in [3.05, 3.63) is 54.6 Å². The van der Waals surface area contributed by atoms with Gasteiger partial charge in [-0.2, -0.15) is 5.10 Å². The first-order chi connectivity index (χ1) is 7.77. The summed E-state index contributed by atoms with van der Waals surface area (Å²) in [6, 6.07) is 7.77. The number of hydrogen-bond donors (Lipinski definition) is 3. The first-order valence-electron chi connectivity index (χ1n) is 5.04. The van der Waals surface area contributed by atoms with E-state index in [-0.39, 0.29) is 0 Å². The molecule has 0 aliphatic rings. The lowest BCUT2D eigenvalue weighted by atomic mass is 10.3. The van der Waals surface area contributed by atoms with Crippen molar-refractivity contribution in [1.82, 2.24) is 15.4 Å². The number of nitrogens with zero attached hydrogens (tertiary/aromatic N) is 1. The molecule has 0 saturated heterocycles. The fourth-order valence-electron chi connectivity index (χ4n) is 1.35. The summed E-state index contributed by atoms with van der Waals surface area (Å²) in [6.07, 6.45) is 3.72. The van der Waals surface area contributed by atoms with Gasteiger partial charge in [-0.3, -0.25) is 5.43 Å². The molecule has 4 nitrogen and oxygen atoms in total. The highest BCUT2D eigenvalue weighted by Crippen LogP contribution is 2.05. The summed E-state index contributed by atoms with van der Waals surface area (Å²) in [5.41, 5.74) is 6.47. The Balaban J connectivity index is 2.02. The molecule has 3 N–H and O–H groups in total. The maximum Gasteiger partial charge on any atom is 0.0810 e. The van der Waals surface area contributed by atoms with E-state index in [1.165, 1.54) is 0 Å². The molecular formula is C12H14N4. The van der Waals surface area contributed by atoms with Gasteiger partial charge in [0.15, 0.2) is 0 Å². The number of aromatic nitrogens is 2. The van der Waals surface area contributed by atoms with E-state index in [4.69, 9.17) is 0 Å². The van der Waals surface area contributed by atoms with Gasteiger partial charge in [-0.25, -0.2) is 0 Å². The number of nitrogens with one attached hydrogen (secondary N) is 3. The van der Waals surface area contributed by atoms with E-state index in [0.29, 0.717) is 0 Å². The maximum atomic E-state index is 4.24. The average Bonchev–Trinajstić information content (AvgIpc) is 2.95. The van der Waals surface area contributed by atoms with Crippen molar-refractivity contribution in [2.75, 3.05) is 0 Å². The van der Waals surface area contributed by atoms with E-state index in [1.807, 2.05) is 43.6 Å². The molecule has 2 aromatic rings. The van der Waals surface area contributed by atoms with Crippen molar-refractivity contribution < 1.29 is 0 Å². The molecule has 0 unspecified atom stereocenters. The van der Waals surface area contributed by atoms with Gasteiger partial charge in [0.05, 0.1) is 22.8 Å². The molecule has 0 saturated carbocycles. The molecule has 0 spiro atoms. The highest BCUT2D eigenvalue weighted by Gasteiger charge is 1.99. The van der Waals surface area contributed by atoms with Gasteiger partial charge in [-0.15, -0.1) is 0 Å². The van der Waals surface area contributed by atoms with Gasteiger partial charge in [0, 0.05) is 12.4 Å². The van der Waals surface area contributed by atoms with Crippen LogP contribution in [0, 0.1) is 0 Å². The summed E-state index contributed by atoms with van der Waals surface area (Å²) in [6.45, 7) is 5.82. The smallest absolute Gasteiger partial charge is 0.0810 e. The molecule has 0 radical (unpaired) electrons. The van der Waals surface area contributed by atoms with Crippen molar-refractivity contribution in [3.63, 3.8) is 0 Å². The third-order valence-electron chi connectivity index (χ3n) is 2.27. The minimum atomic E-state index is 0.746. The molecule has 82 valence electrons. The van der Waals surface area contributed by atoms with Crippen LogP contribution in [0.3, 0.4) is 0 Å². The summed E-state index contributed by atoms with van der Waals surface area (Å²) in [7, 11) is 0. The van der Waals surface area contributed by atoms with Crippen LogP contribution in [0.4, 0.5) is 0 Å². The van der Waals surface area contributed by atoms with Crippen molar-refractivity contribution in [3.8, 4) is 0 Å². The minimum absolute atomic E-state index is 0.746. The second kappa shape index (κ2) is 4.53. The van der Waals surface area contributed by atoms with E-state index in [9.17, 15) is 0 Å². The van der Waals surface area contributed by atoms with Crippen molar-refractivity contribution >= 4 is 11.4 Å². The molecule has 0 amide bonds. The summed E-state index contributed by atoms with van der Waals surface area (Å²) >= 11 is 0. The van der Waals surface area contributed by atoms with Gasteiger partial charge in [-0.1, -0.05) is 6.58 Å². The van der Waals surface area contributed by atoms with E-state index in [1.54, 1.807) is 0 Å². The van der Waals surface area contributed by atoms with E-state index in [2.05, 4.69) is 27.1 Å². The van der Waals surface area contributed by atoms with Crippen LogP contribution in [0.25, 0.3) is 5.70 Å². The SMILES string of the molecule is C=C(N/N=C(\C)c1ccc[nH]1)c1ccc[nH]1. The van der Waals surface area contributed by atoms with Crippen LogP contribution >= 0.6 is 0 Å². The predicted octanol–water partition coefficient (Wildman–Crippen LogP) is 2.33. The van der Waals surface area contributed by atoms with Gasteiger partial charge in [0.25, 0.3) is 0 Å². The Kier molecular flexibility index (Phi) is 2.91. The van der Waals surface area contributed by atoms with Crippen LogP contribution in [-0.4, -0.2) is 15.7 Å². The lowest BCUT2D eigenvalue weighted by molar-refractivity contribution is 0.980. The molecule has 0 aromatic carbocycles. The first-order valence-corrected chi connectivity index (χ1v) is 5.04. The van der Waals surface area contributed by atoms with Crippen LogP contribution < -0.4 is 5.43 Å². The molecular weight excluding hydrogens is 200 g/mol. The number of hydrogen-bond acceptors (Lipinski definition) is 2. The zero-order valence-electron chi connectivity index (χ0n) is 9.12. The third kappa shape index (κ3) is 2.23. The maximum absolute atomic E-state index is 4.24. The molecule has 2 heterocycles. The molecule has 0 fully saturated rings.